The van der Waals surface area contributed by atoms with Crippen LogP contribution in [0.4, 0.5) is 4.39 Å². The van der Waals surface area contributed by atoms with Gasteiger partial charge in [-0.3, -0.25) is 0 Å². The Morgan fingerprint density at radius 2 is 1.75 bits per heavy atom. The van der Waals surface area contributed by atoms with Crippen LogP contribution < -0.4 is 5.32 Å². The average molecular weight is 280 g/mol. The van der Waals surface area contributed by atoms with Crippen LogP contribution in [0, 0.1) is 11.7 Å². The van der Waals surface area contributed by atoms with E-state index in [0.717, 1.165) is 38.0 Å². The summed E-state index contributed by atoms with van der Waals surface area (Å²) in [6, 6.07) is 7.15. The fraction of sp³-hybridized carbons (Fsp3) is 0.647. The molecule has 0 saturated heterocycles. The van der Waals surface area contributed by atoms with Gasteiger partial charge in [0.05, 0.1) is 0 Å². The maximum Gasteiger partial charge on any atom is 0.127 e. The smallest absolute Gasteiger partial charge is 0.127 e. The lowest BCUT2D eigenvalue weighted by molar-refractivity contribution is 0.212. The predicted octanol–water partition coefficient (Wildman–Crippen LogP) is 3.84. The van der Waals surface area contributed by atoms with Crippen molar-refractivity contribution in [2.24, 2.45) is 5.92 Å². The fourth-order valence-electron chi connectivity index (χ4n) is 2.91. The zero-order valence-electron chi connectivity index (χ0n) is 13.3. The van der Waals surface area contributed by atoms with Gasteiger partial charge in [0.15, 0.2) is 0 Å². The first-order valence-corrected chi connectivity index (χ1v) is 7.78. The van der Waals surface area contributed by atoms with Crippen LogP contribution in [0.5, 0.6) is 0 Å². The third-order valence-corrected chi connectivity index (χ3v) is 3.75. The van der Waals surface area contributed by atoms with Crippen LogP contribution in [0.2, 0.25) is 0 Å². The number of nitrogens with zero attached hydrogens (tertiary/aromatic N) is 1. The maximum absolute atomic E-state index is 14.0. The van der Waals surface area contributed by atoms with Gasteiger partial charge in [-0.15, -0.1) is 0 Å². The van der Waals surface area contributed by atoms with Gasteiger partial charge in [0.2, 0.25) is 0 Å². The predicted molar refractivity (Wildman–Crippen MR) is 84.4 cm³/mol. The number of halogens is 1. The number of rotatable bonds is 9. The largest absolute Gasteiger partial charge is 0.313 e. The first kappa shape index (κ1) is 17.1. The zero-order valence-corrected chi connectivity index (χ0v) is 13.3. The van der Waals surface area contributed by atoms with Crippen molar-refractivity contribution in [3.05, 3.63) is 35.6 Å². The fourth-order valence-corrected chi connectivity index (χ4v) is 2.91. The van der Waals surface area contributed by atoms with E-state index in [1.165, 1.54) is 0 Å². The summed E-state index contributed by atoms with van der Waals surface area (Å²) >= 11 is 0. The Balaban J connectivity index is 2.76. The second-order valence-electron chi connectivity index (χ2n) is 5.57. The van der Waals surface area contributed by atoms with E-state index in [-0.39, 0.29) is 11.9 Å². The summed E-state index contributed by atoms with van der Waals surface area (Å²) in [6.45, 7) is 9.85. The van der Waals surface area contributed by atoms with Crippen molar-refractivity contribution in [1.82, 2.24) is 10.2 Å². The minimum Gasteiger partial charge on any atom is -0.313 e. The molecule has 0 saturated carbocycles. The number of hydrogen-bond acceptors (Lipinski definition) is 2. The minimum atomic E-state index is -0.115. The summed E-state index contributed by atoms with van der Waals surface area (Å²) in [5.74, 6) is 0.256. The first-order chi connectivity index (χ1) is 9.63. The standard InChI is InChI=1S/C17H29FN2/c1-5-11-20(12-6-2)13-14(3)17(19-4)15-9-7-8-10-16(15)18/h7-10,14,17,19H,5-6,11-13H2,1-4H3. The first-order valence-electron chi connectivity index (χ1n) is 7.78. The second-order valence-corrected chi connectivity index (χ2v) is 5.57. The van der Waals surface area contributed by atoms with E-state index in [0.29, 0.717) is 5.92 Å². The van der Waals surface area contributed by atoms with Crippen molar-refractivity contribution in [1.29, 1.82) is 0 Å². The van der Waals surface area contributed by atoms with Gasteiger partial charge >= 0.3 is 0 Å². The van der Waals surface area contributed by atoms with Gasteiger partial charge in [0.25, 0.3) is 0 Å². The molecule has 0 aliphatic heterocycles. The van der Waals surface area contributed by atoms with Gasteiger partial charge in [-0.25, -0.2) is 4.39 Å². The topological polar surface area (TPSA) is 15.3 Å². The summed E-state index contributed by atoms with van der Waals surface area (Å²) in [4.78, 5) is 2.48. The molecule has 0 fully saturated rings. The van der Waals surface area contributed by atoms with E-state index in [1.54, 1.807) is 12.1 Å². The normalized spacial score (nSPS) is 14.5. The Morgan fingerprint density at radius 3 is 2.25 bits per heavy atom. The molecule has 20 heavy (non-hydrogen) atoms. The quantitative estimate of drug-likeness (QED) is 0.739. The Kier molecular flexibility index (Phi) is 7.78. The SMILES string of the molecule is CCCN(CCC)CC(C)C(NC)c1ccccc1F. The van der Waals surface area contributed by atoms with E-state index in [1.807, 2.05) is 19.2 Å². The number of nitrogens with one attached hydrogen (secondary N) is 1. The molecule has 1 N–H and O–H groups in total. The van der Waals surface area contributed by atoms with Crippen molar-refractivity contribution < 1.29 is 4.39 Å². The van der Waals surface area contributed by atoms with Crippen molar-refractivity contribution in [3.8, 4) is 0 Å². The van der Waals surface area contributed by atoms with Gasteiger partial charge in [0.1, 0.15) is 5.82 Å². The summed E-state index contributed by atoms with van der Waals surface area (Å²) in [6.07, 6.45) is 2.33. The van der Waals surface area contributed by atoms with Crippen LogP contribution in [-0.2, 0) is 0 Å². The molecule has 0 radical (unpaired) electrons. The van der Waals surface area contributed by atoms with Crippen molar-refractivity contribution in [2.75, 3.05) is 26.7 Å². The highest BCUT2D eigenvalue weighted by atomic mass is 19.1. The summed E-state index contributed by atoms with van der Waals surface area (Å²) in [7, 11) is 1.91. The molecule has 3 heteroatoms. The summed E-state index contributed by atoms with van der Waals surface area (Å²) < 4.78 is 14.0. The second kappa shape index (κ2) is 9.09. The Bertz CT molecular complexity index is 375. The molecule has 0 aliphatic carbocycles. The zero-order chi connectivity index (χ0) is 15.0. The molecule has 2 nitrogen and oxygen atoms in total. The third kappa shape index (κ3) is 4.88. The van der Waals surface area contributed by atoms with E-state index in [9.17, 15) is 4.39 Å². The third-order valence-electron chi connectivity index (χ3n) is 3.75. The molecule has 0 aromatic heterocycles. The minimum absolute atomic E-state index is 0.0624. The summed E-state index contributed by atoms with van der Waals surface area (Å²) in [5, 5.41) is 3.28. The molecule has 0 amide bonds. The van der Waals surface area contributed by atoms with E-state index >= 15 is 0 Å². The molecule has 0 spiro atoms. The molecule has 0 bridgehead atoms. The Labute approximate surface area is 123 Å². The van der Waals surface area contributed by atoms with Crippen molar-refractivity contribution in [3.63, 3.8) is 0 Å². The van der Waals surface area contributed by atoms with Crippen LogP contribution in [0.25, 0.3) is 0 Å². The summed E-state index contributed by atoms with van der Waals surface area (Å²) in [5.41, 5.74) is 0.774. The van der Waals surface area contributed by atoms with Gasteiger partial charge in [-0.1, -0.05) is 39.0 Å². The Morgan fingerprint density at radius 1 is 1.15 bits per heavy atom. The molecular formula is C17H29FN2. The average Bonchev–Trinajstić information content (AvgIpc) is 2.42. The molecule has 1 aromatic carbocycles. The van der Waals surface area contributed by atoms with Crippen LogP contribution in [0.15, 0.2) is 24.3 Å². The molecule has 114 valence electrons. The van der Waals surface area contributed by atoms with Gasteiger partial charge in [-0.2, -0.15) is 0 Å². The molecule has 2 unspecified atom stereocenters. The highest BCUT2D eigenvalue weighted by Crippen LogP contribution is 2.24. The van der Waals surface area contributed by atoms with E-state index in [4.69, 9.17) is 0 Å². The molecule has 1 aromatic rings. The monoisotopic (exact) mass is 280 g/mol. The highest BCUT2D eigenvalue weighted by molar-refractivity contribution is 5.21. The lowest BCUT2D eigenvalue weighted by atomic mass is 9.93. The van der Waals surface area contributed by atoms with Gasteiger partial charge in [0, 0.05) is 18.2 Å². The van der Waals surface area contributed by atoms with Crippen molar-refractivity contribution in [2.45, 2.75) is 39.7 Å². The van der Waals surface area contributed by atoms with Gasteiger partial charge in [-0.05, 0) is 45.0 Å². The number of hydrogen-bond donors (Lipinski definition) is 1. The van der Waals surface area contributed by atoms with Crippen LogP contribution in [-0.4, -0.2) is 31.6 Å². The van der Waals surface area contributed by atoms with Crippen LogP contribution in [0.1, 0.15) is 45.2 Å². The van der Waals surface area contributed by atoms with Gasteiger partial charge < -0.3 is 10.2 Å². The molecular weight excluding hydrogens is 251 g/mol. The lowest BCUT2D eigenvalue weighted by Gasteiger charge is -2.30. The molecule has 0 heterocycles. The molecule has 0 aliphatic rings. The van der Waals surface area contributed by atoms with Crippen molar-refractivity contribution >= 4 is 0 Å². The van der Waals surface area contributed by atoms with E-state index < -0.39 is 0 Å². The maximum atomic E-state index is 14.0. The molecule has 1 rings (SSSR count). The molecule has 2 atom stereocenters. The Hall–Kier alpha value is -0.930. The van der Waals surface area contributed by atoms with E-state index in [2.05, 4.69) is 31.0 Å². The van der Waals surface area contributed by atoms with Crippen LogP contribution in [0.3, 0.4) is 0 Å². The number of benzene rings is 1. The van der Waals surface area contributed by atoms with Crippen LogP contribution >= 0.6 is 0 Å². The highest BCUT2D eigenvalue weighted by Gasteiger charge is 2.22. The lowest BCUT2D eigenvalue weighted by Crippen LogP contribution is -2.36.